The maximum atomic E-state index is 10.9. The Hall–Kier alpha value is -1.30. The van der Waals surface area contributed by atoms with Crippen molar-refractivity contribution in [1.82, 2.24) is 0 Å². The summed E-state index contributed by atoms with van der Waals surface area (Å²) in [6.07, 6.45) is 3.96. The Morgan fingerprint density at radius 3 is 2.85 bits per heavy atom. The first kappa shape index (κ1) is 9.79. The number of nitrogens with two attached hydrogens (primary N) is 1. The molecule has 1 atom stereocenters. The second kappa shape index (κ2) is 4.08. The maximum Gasteiger partial charge on any atom is 0.259 e. The van der Waals surface area contributed by atoms with E-state index >= 15 is 0 Å². The van der Waals surface area contributed by atoms with Gasteiger partial charge in [-0.3, -0.25) is 4.79 Å². The highest BCUT2D eigenvalue weighted by atomic mass is 16.1. The Morgan fingerprint density at radius 2 is 2.38 bits per heavy atom. The standard InChI is InChI=1S/C10H14N2O/c1-7-3-2-4-8(5-7)9(6-11)10(12)13/h7H,2-5H2,1H3,(H2,12,13)/b9-8+. The third-order valence-electron chi connectivity index (χ3n) is 2.48. The van der Waals surface area contributed by atoms with Gasteiger partial charge in [0.05, 0.1) is 0 Å². The second-order valence-electron chi connectivity index (χ2n) is 3.66. The average Bonchev–Trinajstić information content (AvgIpc) is 2.04. The van der Waals surface area contributed by atoms with Gasteiger partial charge in [0.1, 0.15) is 11.6 Å². The van der Waals surface area contributed by atoms with Gasteiger partial charge in [-0.1, -0.05) is 13.3 Å². The van der Waals surface area contributed by atoms with Crippen molar-refractivity contribution in [3.05, 3.63) is 11.1 Å². The second-order valence-corrected chi connectivity index (χ2v) is 3.66. The van der Waals surface area contributed by atoms with Crippen LogP contribution >= 0.6 is 0 Å². The van der Waals surface area contributed by atoms with Crippen LogP contribution in [0.2, 0.25) is 0 Å². The molecule has 3 heteroatoms. The number of amides is 1. The first-order chi connectivity index (χ1) is 6.15. The van der Waals surface area contributed by atoms with Crippen LogP contribution < -0.4 is 5.73 Å². The summed E-state index contributed by atoms with van der Waals surface area (Å²) in [5, 5.41) is 8.73. The first-order valence-electron chi connectivity index (χ1n) is 4.57. The van der Waals surface area contributed by atoms with Crippen molar-refractivity contribution in [2.75, 3.05) is 0 Å². The van der Waals surface area contributed by atoms with Crippen molar-refractivity contribution < 1.29 is 4.79 Å². The van der Waals surface area contributed by atoms with E-state index in [-0.39, 0.29) is 5.57 Å². The smallest absolute Gasteiger partial charge is 0.259 e. The largest absolute Gasteiger partial charge is 0.365 e. The van der Waals surface area contributed by atoms with Gasteiger partial charge >= 0.3 is 0 Å². The van der Waals surface area contributed by atoms with E-state index < -0.39 is 5.91 Å². The molecule has 0 spiro atoms. The van der Waals surface area contributed by atoms with Crippen LogP contribution in [0.15, 0.2) is 11.1 Å². The summed E-state index contributed by atoms with van der Waals surface area (Å²) in [5.41, 5.74) is 6.24. The summed E-state index contributed by atoms with van der Waals surface area (Å²) in [7, 11) is 0. The van der Waals surface area contributed by atoms with Crippen LogP contribution in [0.5, 0.6) is 0 Å². The number of hydrogen-bond donors (Lipinski definition) is 1. The molecule has 1 fully saturated rings. The maximum absolute atomic E-state index is 10.9. The van der Waals surface area contributed by atoms with Crippen LogP contribution in [0.4, 0.5) is 0 Å². The lowest BCUT2D eigenvalue weighted by molar-refractivity contribution is -0.114. The number of hydrogen-bond acceptors (Lipinski definition) is 2. The van der Waals surface area contributed by atoms with Crippen molar-refractivity contribution >= 4 is 5.91 Å². The molecule has 1 saturated carbocycles. The molecule has 1 unspecified atom stereocenters. The van der Waals surface area contributed by atoms with E-state index in [9.17, 15) is 4.79 Å². The predicted molar refractivity (Wildman–Crippen MR) is 49.5 cm³/mol. The highest BCUT2D eigenvalue weighted by Crippen LogP contribution is 2.29. The molecule has 0 aromatic heterocycles. The molecule has 0 aromatic carbocycles. The number of nitriles is 1. The molecular weight excluding hydrogens is 164 g/mol. The van der Waals surface area contributed by atoms with Crippen molar-refractivity contribution in [2.45, 2.75) is 32.6 Å². The monoisotopic (exact) mass is 178 g/mol. The lowest BCUT2D eigenvalue weighted by atomic mass is 9.84. The van der Waals surface area contributed by atoms with Crippen LogP contribution in [0.25, 0.3) is 0 Å². The van der Waals surface area contributed by atoms with Gasteiger partial charge in [0.2, 0.25) is 0 Å². The minimum atomic E-state index is -0.577. The molecule has 0 radical (unpaired) electrons. The summed E-state index contributed by atoms with van der Waals surface area (Å²) in [4.78, 5) is 10.9. The minimum absolute atomic E-state index is 0.187. The van der Waals surface area contributed by atoms with Gasteiger partial charge in [-0.15, -0.1) is 0 Å². The van der Waals surface area contributed by atoms with Gasteiger partial charge in [-0.25, -0.2) is 0 Å². The third-order valence-corrected chi connectivity index (χ3v) is 2.48. The normalized spacial score (nSPS) is 26.3. The van der Waals surface area contributed by atoms with E-state index in [1.807, 2.05) is 6.07 Å². The summed E-state index contributed by atoms with van der Waals surface area (Å²) in [5.74, 6) is -0.00181. The number of rotatable bonds is 1. The van der Waals surface area contributed by atoms with E-state index in [2.05, 4.69) is 6.92 Å². The molecule has 3 nitrogen and oxygen atoms in total. The molecule has 13 heavy (non-hydrogen) atoms. The highest BCUT2D eigenvalue weighted by molar-refractivity contribution is 5.96. The number of allylic oxidation sites excluding steroid dienone is 1. The van der Waals surface area contributed by atoms with E-state index in [1.165, 1.54) is 6.42 Å². The van der Waals surface area contributed by atoms with Gasteiger partial charge in [0, 0.05) is 0 Å². The Labute approximate surface area is 78.2 Å². The van der Waals surface area contributed by atoms with Crippen molar-refractivity contribution in [3.8, 4) is 6.07 Å². The zero-order valence-electron chi connectivity index (χ0n) is 7.84. The van der Waals surface area contributed by atoms with Crippen molar-refractivity contribution in [2.24, 2.45) is 11.7 Å². The van der Waals surface area contributed by atoms with E-state index in [4.69, 9.17) is 11.0 Å². The number of carbonyl (C=O) groups excluding carboxylic acids is 1. The molecule has 2 N–H and O–H groups in total. The lowest BCUT2D eigenvalue weighted by Gasteiger charge is -2.20. The quantitative estimate of drug-likeness (QED) is 0.488. The molecule has 1 rings (SSSR count). The Balaban J connectivity index is 2.88. The van der Waals surface area contributed by atoms with Gasteiger partial charge in [0.15, 0.2) is 0 Å². The molecule has 70 valence electrons. The molecule has 1 aliphatic rings. The molecule has 0 bridgehead atoms. The van der Waals surface area contributed by atoms with Gasteiger partial charge < -0.3 is 5.73 Å². The van der Waals surface area contributed by atoms with Crippen LogP contribution in [-0.2, 0) is 4.79 Å². The molecule has 0 aromatic rings. The zero-order valence-corrected chi connectivity index (χ0v) is 7.84. The van der Waals surface area contributed by atoms with E-state index in [0.717, 1.165) is 24.8 Å². The van der Waals surface area contributed by atoms with Crippen LogP contribution in [-0.4, -0.2) is 5.91 Å². The molecular formula is C10H14N2O. The van der Waals surface area contributed by atoms with Crippen LogP contribution in [0, 0.1) is 17.2 Å². The zero-order chi connectivity index (χ0) is 9.84. The van der Waals surface area contributed by atoms with Gasteiger partial charge in [0.25, 0.3) is 5.91 Å². The lowest BCUT2D eigenvalue weighted by Crippen LogP contribution is -2.17. The van der Waals surface area contributed by atoms with Gasteiger partial charge in [-0.05, 0) is 30.8 Å². The molecule has 1 aliphatic carbocycles. The van der Waals surface area contributed by atoms with E-state index in [0.29, 0.717) is 5.92 Å². The summed E-state index contributed by atoms with van der Waals surface area (Å²) >= 11 is 0. The molecule has 0 aliphatic heterocycles. The topological polar surface area (TPSA) is 66.9 Å². The Morgan fingerprint density at radius 1 is 1.69 bits per heavy atom. The third kappa shape index (κ3) is 2.32. The summed E-state index contributed by atoms with van der Waals surface area (Å²) in [6, 6.07) is 1.90. The molecule has 0 saturated heterocycles. The highest BCUT2D eigenvalue weighted by Gasteiger charge is 2.18. The summed E-state index contributed by atoms with van der Waals surface area (Å²) < 4.78 is 0. The first-order valence-corrected chi connectivity index (χ1v) is 4.57. The number of primary amides is 1. The molecule has 0 heterocycles. The molecule has 1 amide bonds. The predicted octanol–water partition coefficient (Wildman–Crippen LogP) is 1.50. The fourth-order valence-electron chi connectivity index (χ4n) is 1.82. The van der Waals surface area contributed by atoms with Crippen LogP contribution in [0.1, 0.15) is 32.6 Å². The minimum Gasteiger partial charge on any atom is -0.365 e. The van der Waals surface area contributed by atoms with Gasteiger partial charge in [-0.2, -0.15) is 5.26 Å². The van der Waals surface area contributed by atoms with E-state index in [1.54, 1.807) is 0 Å². The average molecular weight is 178 g/mol. The Bertz CT molecular complexity index is 286. The number of nitrogens with zero attached hydrogens (tertiary/aromatic N) is 1. The van der Waals surface area contributed by atoms with Crippen molar-refractivity contribution in [3.63, 3.8) is 0 Å². The fourth-order valence-corrected chi connectivity index (χ4v) is 1.82. The van der Waals surface area contributed by atoms with Crippen LogP contribution in [0.3, 0.4) is 0 Å². The SMILES string of the molecule is CC1CCC/C(=C(/C#N)C(N)=O)C1. The number of carbonyl (C=O) groups is 1. The summed E-state index contributed by atoms with van der Waals surface area (Å²) in [6.45, 7) is 2.13. The van der Waals surface area contributed by atoms with Crippen molar-refractivity contribution in [1.29, 1.82) is 5.26 Å². The Kier molecular flexibility index (Phi) is 3.07. The fraction of sp³-hybridized carbons (Fsp3) is 0.600.